The topological polar surface area (TPSA) is 78.9 Å². The number of carbonyl (C=O) groups excluding carboxylic acids is 3. The van der Waals surface area contributed by atoms with Crippen LogP contribution in [-0.4, -0.2) is 37.2 Å². The Labute approximate surface area is 423 Å². The summed E-state index contributed by atoms with van der Waals surface area (Å²) >= 11 is 0. The van der Waals surface area contributed by atoms with E-state index in [1.165, 1.54) is 193 Å². The quantitative estimate of drug-likeness (QED) is 0.0262. The average molecular weight is 956 g/mol. The van der Waals surface area contributed by atoms with Gasteiger partial charge in [0.2, 0.25) is 0 Å². The van der Waals surface area contributed by atoms with Crippen molar-refractivity contribution in [2.45, 2.75) is 329 Å². The summed E-state index contributed by atoms with van der Waals surface area (Å²) in [7, 11) is 0. The highest BCUT2D eigenvalue weighted by Crippen LogP contribution is 2.17. The normalized spacial score (nSPS) is 12.2. The summed E-state index contributed by atoms with van der Waals surface area (Å²) in [5, 5.41) is 0. The molecule has 0 aliphatic carbocycles. The third-order valence-corrected chi connectivity index (χ3v) is 13.4. The van der Waals surface area contributed by atoms with Crippen molar-refractivity contribution in [1.82, 2.24) is 0 Å². The molecule has 0 saturated heterocycles. The van der Waals surface area contributed by atoms with Crippen LogP contribution in [0.2, 0.25) is 0 Å². The first-order valence-electron chi connectivity index (χ1n) is 30.0. The molecular weight excluding hydrogens is 841 g/mol. The molecule has 0 aromatic rings. The standard InChI is InChI=1S/C62H114O6/c1-4-7-10-13-16-19-22-25-28-29-30-31-32-33-35-37-40-43-46-49-52-55-61(64)67-58-59(57-66-60(63)54-51-48-45-42-39-36-27-24-21-18-15-12-9-6-3)68-62(65)56-53-50-47-44-41-38-34-26-23-20-17-14-11-8-5-2/h17,20,24,26-27,34,59H,4-16,18-19,21-23,25,28-33,35-58H2,1-3H3/b20-17-,27-24-,34-26-. The maximum Gasteiger partial charge on any atom is 0.306 e. The molecule has 0 fully saturated rings. The number of allylic oxidation sites excluding steroid dienone is 6. The number of hydrogen-bond acceptors (Lipinski definition) is 6. The van der Waals surface area contributed by atoms with Crippen molar-refractivity contribution in [3.05, 3.63) is 36.5 Å². The van der Waals surface area contributed by atoms with Gasteiger partial charge in [0, 0.05) is 19.3 Å². The van der Waals surface area contributed by atoms with E-state index in [-0.39, 0.29) is 31.1 Å². The highest BCUT2D eigenvalue weighted by molar-refractivity contribution is 5.71. The fourth-order valence-corrected chi connectivity index (χ4v) is 8.82. The van der Waals surface area contributed by atoms with Crippen LogP contribution >= 0.6 is 0 Å². The largest absolute Gasteiger partial charge is 0.462 e. The van der Waals surface area contributed by atoms with Gasteiger partial charge in [-0.2, -0.15) is 0 Å². The molecule has 0 aromatic carbocycles. The summed E-state index contributed by atoms with van der Waals surface area (Å²) in [6.45, 7) is 6.63. The Hall–Kier alpha value is -2.37. The van der Waals surface area contributed by atoms with Gasteiger partial charge in [-0.1, -0.05) is 263 Å². The SMILES string of the molecule is CCCCC/C=C\C/C=C\CCCCCCCC(=O)OC(COC(=O)CCCCCCC/C=C\CCCCCCC)COC(=O)CCCCCCCCCCCCCCCCCCCCCCC. The lowest BCUT2D eigenvalue weighted by Gasteiger charge is -2.18. The Bertz CT molecular complexity index is 1140. The van der Waals surface area contributed by atoms with Crippen LogP contribution in [0.3, 0.4) is 0 Å². The van der Waals surface area contributed by atoms with E-state index in [4.69, 9.17) is 14.2 Å². The van der Waals surface area contributed by atoms with Gasteiger partial charge in [0.15, 0.2) is 6.10 Å². The molecule has 0 rings (SSSR count). The second-order valence-electron chi connectivity index (χ2n) is 20.3. The Balaban J connectivity index is 4.31. The number of rotatable bonds is 55. The maximum atomic E-state index is 12.8. The summed E-state index contributed by atoms with van der Waals surface area (Å²) < 4.78 is 16.9. The second-order valence-corrected chi connectivity index (χ2v) is 20.3. The molecule has 68 heavy (non-hydrogen) atoms. The van der Waals surface area contributed by atoms with E-state index in [0.717, 1.165) is 89.9 Å². The van der Waals surface area contributed by atoms with Crippen molar-refractivity contribution in [2.75, 3.05) is 13.2 Å². The molecule has 1 unspecified atom stereocenters. The lowest BCUT2D eigenvalue weighted by Crippen LogP contribution is -2.30. The molecule has 0 N–H and O–H groups in total. The highest BCUT2D eigenvalue weighted by Gasteiger charge is 2.19. The number of carbonyl (C=O) groups is 3. The minimum absolute atomic E-state index is 0.0768. The van der Waals surface area contributed by atoms with Gasteiger partial charge in [-0.3, -0.25) is 14.4 Å². The minimum Gasteiger partial charge on any atom is -0.462 e. The van der Waals surface area contributed by atoms with Crippen LogP contribution in [-0.2, 0) is 28.6 Å². The predicted octanol–water partition coefficient (Wildman–Crippen LogP) is 20.0. The van der Waals surface area contributed by atoms with Gasteiger partial charge < -0.3 is 14.2 Å². The molecule has 398 valence electrons. The number of unbranched alkanes of at least 4 members (excludes halogenated alkanes) is 38. The second kappa shape index (κ2) is 57.2. The van der Waals surface area contributed by atoms with Crippen molar-refractivity contribution < 1.29 is 28.6 Å². The van der Waals surface area contributed by atoms with Crippen molar-refractivity contribution in [3.8, 4) is 0 Å². The van der Waals surface area contributed by atoms with Gasteiger partial charge in [0.1, 0.15) is 13.2 Å². The Morgan fingerprint density at radius 3 is 0.853 bits per heavy atom. The van der Waals surface area contributed by atoms with Crippen LogP contribution < -0.4 is 0 Å². The van der Waals surface area contributed by atoms with Crippen molar-refractivity contribution in [3.63, 3.8) is 0 Å². The van der Waals surface area contributed by atoms with Gasteiger partial charge in [-0.15, -0.1) is 0 Å². The summed E-state index contributed by atoms with van der Waals surface area (Å²) in [6, 6.07) is 0. The van der Waals surface area contributed by atoms with Gasteiger partial charge >= 0.3 is 17.9 Å². The lowest BCUT2D eigenvalue weighted by atomic mass is 10.0. The fraction of sp³-hybridized carbons (Fsp3) is 0.855. The molecule has 0 radical (unpaired) electrons. The first-order chi connectivity index (χ1) is 33.5. The summed E-state index contributed by atoms with van der Waals surface area (Å²) in [6.07, 6.45) is 68.5. The highest BCUT2D eigenvalue weighted by atomic mass is 16.6. The van der Waals surface area contributed by atoms with Gasteiger partial charge in [0.25, 0.3) is 0 Å². The zero-order valence-electron chi connectivity index (χ0n) is 45.6. The van der Waals surface area contributed by atoms with E-state index in [9.17, 15) is 14.4 Å². The molecule has 0 aliphatic rings. The monoisotopic (exact) mass is 955 g/mol. The molecule has 0 aromatic heterocycles. The van der Waals surface area contributed by atoms with Crippen LogP contribution in [0.25, 0.3) is 0 Å². The predicted molar refractivity (Wildman–Crippen MR) is 293 cm³/mol. The average Bonchev–Trinajstić information content (AvgIpc) is 3.34. The molecule has 0 spiro atoms. The van der Waals surface area contributed by atoms with E-state index in [1.807, 2.05) is 0 Å². The van der Waals surface area contributed by atoms with Crippen molar-refractivity contribution >= 4 is 17.9 Å². The van der Waals surface area contributed by atoms with Crippen LogP contribution in [0.1, 0.15) is 323 Å². The number of esters is 3. The summed E-state index contributed by atoms with van der Waals surface area (Å²) in [5.74, 6) is -0.881. The lowest BCUT2D eigenvalue weighted by molar-refractivity contribution is -0.167. The Morgan fingerprint density at radius 1 is 0.294 bits per heavy atom. The molecule has 6 nitrogen and oxygen atoms in total. The van der Waals surface area contributed by atoms with Gasteiger partial charge in [-0.05, 0) is 77.0 Å². The fourth-order valence-electron chi connectivity index (χ4n) is 8.82. The Morgan fingerprint density at radius 2 is 0.529 bits per heavy atom. The Kier molecular flexibility index (Phi) is 55.2. The summed E-state index contributed by atoms with van der Waals surface area (Å²) in [5.41, 5.74) is 0. The number of ether oxygens (including phenoxy) is 3. The molecule has 1 atom stereocenters. The van der Waals surface area contributed by atoms with E-state index in [0.29, 0.717) is 19.3 Å². The van der Waals surface area contributed by atoms with E-state index >= 15 is 0 Å². The maximum absolute atomic E-state index is 12.8. The van der Waals surface area contributed by atoms with E-state index in [1.54, 1.807) is 0 Å². The van der Waals surface area contributed by atoms with Crippen molar-refractivity contribution in [1.29, 1.82) is 0 Å². The summed E-state index contributed by atoms with van der Waals surface area (Å²) in [4.78, 5) is 38.2. The first-order valence-corrected chi connectivity index (χ1v) is 30.0. The van der Waals surface area contributed by atoms with Crippen LogP contribution in [0.15, 0.2) is 36.5 Å². The van der Waals surface area contributed by atoms with Gasteiger partial charge in [-0.25, -0.2) is 0 Å². The zero-order chi connectivity index (χ0) is 49.3. The number of hydrogen-bond donors (Lipinski definition) is 0. The molecule has 0 saturated carbocycles. The van der Waals surface area contributed by atoms with Crippen LogP contribution in [0.5, 0.6) is 0 Å². The first kappa shape index (κ1) is 65.6. The van der Waals surface area contributed by atoms with E-state index < -0.39 is 6.10 Å². The van der Waals surface area contributed by atoms with Crippen LogP contribution in [0.4, 0.5) is 0 Å². The molecule has 0 amide bonds. The zero-order valence-corrected chi connectivity index (χ0v) is 45.6. The van der Waals surface area contributed by atoms with E-state index in [2.05, 4.69) is 57.2 Å². The third kappa shape index (κ3) is 54.6. The molecular formula is C62H114O6. The van der Waals surface area contributed by atoms with Crippen molar-refractivity contribution in [2.24, 2.45) is 0 Å². The third-order valence-electron chi connectivity index (χ3n) is 13.4. The minimum atomic E-state index is -0.780. The smallest absolute Gasteiger partial charge is 0.306 e. The molecule has 6 heteroatoms. The molecule has 0 bridgehead atoms. The van der Waals surface area contributed by atoms with Crippen LogP contribution in [0, 0.1) is 0 Å². The molecule has 0 aliphatic heterocycles. The molecule has 0 heterocycles. The van der Waals surface area contributed by atoms with Gasteiger partial charge in [0.05, 0.1) is 0 Å².